The summed E-state index contributed by atoms with van der Waals surface area (Å²) < 4.78 is 13.8. The van der Waals surface area contributed by atoms with Gasteiger partial charge in [0.05, 0.1) is 20.5 Å². The molecule has 0 N–H and O–H groups in total. The van der Waals surface area contributed by atoms with Crippen LogP contribution in [0.1, 0.15) is 5.56 Å². The summed E-state index contributed by atoms with van der Waals surface area (Å²) in [4.78, 5) is 0. The Morgan fingerprint density at radius 2 is 1.63 bits per heavy atom. The van der Waals surface area contributed by atoms with Crippen molar-refractivity contribution >= 4 is 47.8 Å². The van der Waals surface area contributed by atoms with E-state index >= 15 is 0 Å². The normalized spacial score (nSPS) is 10.3. The first-order valence-electron chi connectivity index (χ1n) is 5.51. The molecule has 0 spiro atoms. The molecule has 0 heterocycles. The molecule has 0 aliphatic carbocycles. The van der Waals surface area contributed by atoms with Gasteiger partial charge < -0.3 is 9.47 Å². The van der Waals surface area contributed by atoms with Crippen LogP contribution in [0.2, 0.25) is 0 Å². The molecule has 5 heteroatoms. The van der Waals surface area contributed by atoms with Crippen LogP contribution < -0.4 is 9.47 Å². The monoisotopic (exact) mass is 448 g/mol. The summed E-state index contributed by atoms with van der Waals surface area (Å²) in [5.41, 5.74) is 1.07. The van der Waals surface area contributed by atoms with E-state index in [-0.39, 0.29) is 0 Å². The van der Waals surface area contributed by atoms with Crippen LogP contribution in [-0.2, 0) is 6.61 Å². The molecule has 19 heavy (non-hydrogen) atoms. The molecule has 0 fully saturated rings. The fourth-order valence-electron chi connectivity index (χ4n) is 1.58. The van der Waals surface area contributed by atoms with E-state index < -0.39 is 0 Å². The fraction of sp³-hybridized carbons (Fsp3) is 0.143. The van der Waals surface area contributed by atoms with Crippen LogP contribution in [0.25, 0.3) is 0 Å². The molecule has 0 radical (unpaired) electrons. The molecule has 2 aromatic carbocycles. The quantitative estimate of drug-likeness (QED) is 0.607. The molecule has 0 unspecified atom stereocenters. The molecular formula is C14H11Br3O2. The Labute approximate surface area is 137 Å². The van der Waals surface area contributed by atoms with Gasteiger partial charge in [0.2, 0.25) is 0 Å². The van der Waals surface area contributed by atoms with Gasteiger partial charge in [-0.25, -0.2) is 0 Å². The standard InChI is InChI=1S/C14H11Br3O2/c1-18-13-6-5-9(7-12(13)17)8-19-14-10(15)3-2-4-11(14)16/h2-7H,8H2,1H3. The average molecular weight is 451 g/mol. The van der Waals surface area contributed by atoms with Crippen molar-refractivity contribution in [2.45, 2.75) is 6.61 Å². The Balaban J connectivity index is 2.13. The minimum Gasteiger partial charge on any atom is -0.496 e. The first-order chi connectivity index (χ1) is 9.11. The zero-order chi connectivity index (χ0) is 13.8. The van der Waals surface area contributed by atoms with E-state index in [1.165, 1.54) is 0 Å². The van der Waals surface area contributed by atoms with Crippen molar-refractivity contribution in [1.82, 2.24) is 0 Å². The van der Waals surface area contributed by atoms with Gasteiger partial charge in [-0.1, -0.05) is 12.1 Å². The van der Waals surface area contributed by atoms with Gasteiger partial charge in [0, 0.05) is 0 Å². The molecule has 100 valence electrons. The third-order valence-electron chi connectivity index (χ3n) is 2.52. The summed E-state index contributed by atoms with van der Waals surface area (Å²) >= 11 is 10.4. The van der Waals surface area contributed by atoms with Crippen molar-refractivity contribution in [3.63, 3.8) is 0 Å². The maximum atomic E-state index is 5.83. The minimum atomic E-state index is 0.490. The second kappa shape index (κ2) is 6.77. The molecule has 0 aromatic heterocycles. The number of hydrogen-bond acceptors (Lipinski definition) is 2. The van der Waals surface area contributed by atoms with Crippen LogP contribution >= 0.6 is 47.8 Å². The number of hydrogen-bond donors (Lipinski definition) is 0. The highest BCUT2D eigenvalue weighted by molar-refractivity contribution is 9.11. The summed E-state index contributed by atoms with van der Waals surface area (Å²) in [5.74, 6) is 1.61. The third-order valence-corrected chi connectivity index (χ3v) is 4.39. The topological polar surface area (TPSA) is 18.5 Å². The first kappa shape index (κ1) is 14.9. The van der Waals surface area contributed by atoms with Crippen LogP contribution in [0.15, 0.2) is 49.8 Å². The number of benzene rings is 2. The van der Waals surface area contributed by atoms with E-state index in [0.29, 0.717) is 6.61 Å². The summed E-state index contributed by atoms with van der Waals surface area (Å²) in [6.07, 6.45) is 0. The molecule has 2 nitrogen and oxygen atoms in total. The largest absolute Gasteiger partial charge is 0.496 e. The summed E-state index contributed by atoms with van der Waals surface area (Å²) in [7, 11) is 1.65. The van der Waals surface area contributed by atoms with Crippen LogP contribution in [0, 0.1) is 0 Å². The lowest BCUT2D eigenvalue weighted by Crippen LogP contribution is -1.97. The molecule has 2 rings (SSSR count). The van der Waals surface area contributed by atoms with Crippen LogP contribution in [0.5, 0.6) is 11.5 Å². The minimum absolute atomic E-state index is 0.490. The molecule has 0 bridgehead atoms. The fourth-order valence-corrected chi connectivity index (χ4v) is 3.39. The van der Waals surface area contributed by atoms with Crippen LogP contribution in [-0.4, -0.2) is 7.11 Å². The van der Waals surface area contributed by atoms with Crippen molar-refractivity contribution in [3.05, 3.63) is 55.4 Å². The number of ether oxygens (including phenoxy) is 2. The van der Waals surface area contributed by atoms with Gasteiger partial charge in [0.1, 0.15) is 18.1 Å². The molecule has 0 aliphatic heterocycles. The van der Waals surface area contributed by atoms with Crippen LogP contribution in [0.3, 0.4) is 0 Å². The van der Waals surface area contributed by atoms with E-state index in [2.05, 4.69) is 47.8 Å². The summed E-state index contributed by atoms with van der Waals surface area (Å²) in [6, 6.07) is 11.7. The molecule has 0 aliphatic rings. The molecule has 2 aromatic rings. The molecular weight excluding hydrogens is 440 g/mol. The average Bonchev–Trinajstić information content (AvgIpc) is 2.38. The van der Waals surface area contributed by atoms with Crippen molar-refractivity contribution < 1.29 is 9.47 Å². The predicted molar refractivity (Wildman–Crippen MR) is 86.9 cm³/mol. The smallest absolute Gasteiger partial charge is 0.148 e. The van der Waals surface area contributed by atoms with Gasteiger partial charge >= 0.3 is 0 Å². The Morgan fingerprint density at radius 3 is 2.21 bits per heavy atom. The Hall–Kier alpha value is -0.520. The lowest BCUT2D eigenvalue weighted by atomic mass is 10.2. The number of methoxy groups -OCH3 is 1. The van der Waals surface area contributed by atoms with Gasteiger partial charge in [0.15, 0.2) is 0 Å². The summed E-state index contributed by atoms with van der Waals surface area (Å²) in [5, 5.41) is 0. The van der Waals surface area contributed by atoms with Crippen molar-refractivity contribution in [3.8, 4) is 11.5 Å². The second-order valence-corrected chi connectivity index (χ2v) is 6.37. The number of rotatable bonds is 4. The zero-order valence-electron chi connectivity index (χ0n) is 10.1. The lowest BCUT2D eigenvalue weighted by molar-refractivity contribution is 0.302. The van der Waals surface area contributed by atoms with E-state index in [4.69, 9.17) is 9.47 Å². The Kier molecular flexibility index (Phi) is 5.30. The first-order valence-corrected chi connectivity index (χ1v) is 7.89. The van der Waals surface area contributed by atoms with Crippen molar-refractivity contribution in [1.29, 1.82) is 0 Å². The molecule has 0 atom stereocenters. The highest BCUT2D eigenvalue weighted by atomic mass is 79.9. The van der Waals surface area contributed by atoms with Crippen LogP contribution in [0.4, 0.5) is 0 Å². The van der Waals surface area contributed by atoms with E-state index in [1.54, 1.807) is 7.11 Å². The maximum absolute atomic E-state index is 5.83. The van der Waals surface area contributed by atoms with Gasteiger partial charge in [-0.15, -0.1) is 0 Å². The number of para-hydroxylation sites is 1. The lowest BCUT2D eigenvalue weighted by Gasteiger charge is -2.11. The second-order valence-electron chi connectivity index (χ2n) is 3.81. The SMILES string of the molecule is COc1ccc(COc2c(Br)cccc2Br)cc1Br. The highest BCUT2D eigenvalue weighted by Gasteiger charge is 2.07. The summed E-state index contributed by atoms with van der Waals surface area (Å²) in [6.45, 7) is 0.490. The predicted octanol–water partition coefficient (Wildman–Crippen LogP) is 5.56. The Morgan fingerprint density at radius 1 is 0.947 bits per heavy atom. The van der Waals surface area contributed by atoms with E-state index in [1.807, 2.05) is 36.4 Å². The van der Waals surface area contributed by atoms with Crippen molar-refractivity contribution in [2.24, 2.45) is 0 Å². The molecule has 0 amide bonds. The number of halogens is 3. The van der Waals surface area contributed by atoms with Gasteiger partial charge in [0.25, 0.3) is 0 Å². The highest BCUT2D eigenvalue weighted by Crippen LogP contribution is 2.34. The van der Waals surface area contributed by atoms with E-state index in [0.717, 1.165) is 30.5 Å². The van der Waals surface area contributed by atoms with Gasteiger partial charge in [-0.3, -0.25) is 0 Å². The van der Waals surface area contributed by atoms with Gasteiger partial charge in [-0.05, 0) is 77.6 Å². The zero-order valence-corrected chi connectivity index (χ0v) is 14.9. The molecule has 0 saturated heterocycles. The van der Waals surface area contributed by atoms with Crippen molar-refractivity contribution in [2.75, 3.05) is 7.11 Å². The third kappa shape index (κ3) is 3.74. The van der Waals surface area contributed by atoms with Gasteiger partial charge in [-0.2, -0.15) is 0 Å². The molecule has 0 saturated carbocycles. The maximum Gasteiger partial charge on any atom is 0.148 e. The van der Waals surface area contributed by atoms with E-state index in [9.17, 15) is 0 Å². The Bertz CT molecular complexity index is 565.